The molecule has 0 aromatic rings. The van der Waals surface area contributed by atoms with Gasteiger partial charge in [-0.15, -0.1) is 0 Å². The molecule has 0 amide bonds. The fraction of sp³-hybridized carbons (Fsp3) is 1.00. The van der Waals surface area contributed by atoms with Crippen molar-refractivity contribution < 1.29 is 5.11 Å². The highest BCUT2D eigenvalue weighted by Gasteiger charge is 2.15. The Hall–Kier alpha value is -0.0400. The Morgan fingerprint density at radius 1 is 1.43 bits per heavy atom. The van der Waals surface area contributed by atoms with E-state index in [4.69, 9.17) is 0 Å². The highest BCUT2D eigenvalue weighted by molar-refractivity contribution is 4.68. The van der Waals surface area contributed by atoms with E-state index >= 15 is 0 Å². The zero-order chi connectivity index (χ0) is 5.11. The average molecular weight is 99.2 g/mol. The van der Waals surface area contributed by atoms with E-state index in [0.717, 1.165) is 12.3 Å². The van der Waals surface area contributed by atoms with E-state index in [-0.39, 0.29) is 6.61 Å². The molecule has 0 bridgehead atoms. The molecule has 0 unspecified atom stereocenters. The van der Waals surface area contributed by atoms with Crippen LogP contribution in [0.4, 0.5) is 0 Å². The van der Waals surface area contributed by atoms with Gasteiger partial charge in [0.15, 0.2) is 0 Å². The first-order valence-corrected chi connectivity index (χ1v) is 3.01. The fourth-order valence-electron chi connectivity index (χ4n) is 0.948. The van der Waals surface area contributed by atoms with Crippen molar-refractivity contribution in [2.24, 2.45) is 5.92 Å². The molecule has 0 atom stereocenters. The molecule has 1 saturated carbocycles. The Labute approximate surface area is 44.4 Å². The fourth-order valence-corrected chi connectivity index (χ4v) is 0.948. The van der Waals surface area contributed by atoms with Crippen molar-refractivity contribution in [1.29, 1.82) is 0 Å². The van der Waals surface area contributed by atoms with Gasteiger partial charge in [-0.25, -0.2) is 5.11 Å². The summed E-state index contributed by atoms with van der Waals surface area (Å²) in [5.41, 5.74) is 0. The maximum absolute atomic E-state index is 9.93. The van der Waals surface area contributed by atoms with Gasteiger partial charge in [0.2, 0.25) is 0 Å². The van der Waals surface area contributed by atoms with Crippen LogP contribution in [0.3, 0.4) is 0 Å². The van der Waals surface area contributed by atoms with E-state index in [0.29, 0.717) is 0 Å². The van der Waals surface area contributed by atoms with Crippen molar-refractivity contribution in [2.45, 2.75) is 25.7 Å². The Morgan fingerprint density at radius 3 is 2.29 bits per heavy atom. The SMILES string of the molecule is [O]CCC1CCC1. The van der Waals surface area contributed by atoms with Gasteiger partial charge >= 0.3 is 0 Å². The zero-order valence-electron chi connectivity index (χ0n) is 4.52. The first-order valence-electron chi connectivity index (χ1n) is 3.01. The first-order chi connectivity index (χ1) is 3.43. The second kappa shape index (κ2) is 2.31. The summed E-state index contributed by atoms with van der Waals surface area (Å²) in [6.45, 7) is 0.144. The van der Waals surface area contributed by atoms with Gasteiger partial charge in [-0.3, -0.25) is 0 Å². The molecular weight excluding hydrogens is 88.1 g/mol. The highest BCUT2D eigenvalue weighted by atomic mass is 16.3. The lowest BCUT2D eigenvalue weighted by Crippen LogP contribution is -2.11. The predicted molar refractivity (Wildman–Crippen MR) is 27.5 cm³/mol. The number of rotatable bonds is 2. The van der Waals surface area contributed by atoms with Crippen molar-refractivity contribution >= 4 is 0 Å². The zero-order valence-corrected chi connectivity index (χ0v) is 4.52. The number of hydrogen-bond donors (Lipinski definition) is 0. The van der Waals surface area contributed by atoms with Gasteiger partial charge in [0, 0.05) is 0 Å². The Bertz CT molecular complexity index is 48.1. The molecule has 0 aliphatic heterocycles. The van der Waals surface area contributed by atoms with Crippen LogP contribution in [0.5, 0.6) is 0 Å². The normalized spacial score (nSPS) is 21.9. The molecule has 1 rings (SSSR count). The molecule has 0 N–H and O–H groups in total. The lowest BCUT2D eigenvalue weighted by Gasteiger charge is -2.23. The highest BCUT2D eigenvalue weighted by Crippen LogP contribution is 2.28. The third kappa shape index (κ3) is 1.16. The minimum atomic E-state index is 0.144. The average Bonchev–Trinajstić information content (AvgIpc) is 1.55. The molecule has 0 aromatic heterocycles. The molecule has 1 radical (unpaired) electrons. The maximum Gasteiger partial charge on any atom is 0.0825 e. The van der Waals surface area contributed by atoms with Crippen LogP contribution >= 0.6 is 0 Å². The monoisotopic (exact) mass is 99.1 g/mol. The summed E-state index contributed by atoms with van der Waals surface area (Å²) in [4.78, 5) is 0. The topological polar surface area (TPSA) is 19.9 Å². The van der Waals surface area contributed by atoms with Gasteiger partial charge in [-0.1, -0.05) is 19.3 Å². The van der Waals surface area contributed by atoms with Gasteiger partial charge < -0.3 is 0 Å². The molecule has 1 aliphatic rings. The summed E-state index contributed by atoms with van der Waals surface area (Å²) < 4.78 is 0. The van der Waals surface area contributed by atoms with Crippen LogP contribution in [0.1, 0.15) is 25.7 Å². The Kier molecular flexibility index (Phi) is 1.69. The molecule has 1 aliphatic carbocycles. The smallest absolute Gasteiger partial charge is 0.0825 e. The van der Waals surface area contributed by atoms with Crippen LogP contribution < -0.4 is 0 Å². The Balaban J connectivity index is 1.93. The van der Waals surface area contributed by atoms with E-state index in [1.54, 1.807) is 0 Å². The Morgan fingerprint density at radius 2 is 2.14 bits per heavy atom. The van der Waals surface area contributed by atoms with Crippen molar-refractivity contribution in [3.63, 3.8) is 0 Å². The summed E-state index contributed by atoms with van der Waals surface area (Å²) in [6.07, 6.45) is 4.94. The molecule has 0 saturated heterocycles. The van der Waals surface area contributed by atoms with E-state index in [1.807, 2.05) is 0 Å². The molecule has 1 fully saturated rings. The van der Waals surface area contributed by atoms with Crippen molar-refractivity contribution in [3.8, 4) is 0 Å². The molecule has 1 heteroatoms. The van der Waals surface area contributed by atoms with Gasteiger partial charge in [0.25, 0.3) is 0 Å². The van der Waals surface area contributed by atoms with E-state index in [9.17, 15) is 5.11 Å². The van der Waals surface area contributed by atoms with Crippen LogP contribution in [0.15, 0.2) is 0 Å². The quantitative estimate of drug-likeness (QED) is 0.501. The predicted octanol–water partition coefficient (Wildman–Crippen LogP) is 1.61. The van der Waals surface area contributed by atoms with Gasteiger partial charge in [-0.05, 0) is 12.3 Å². The van der Waals surface area contributed by atoms with Gasteiger partial charge in [0.1, 0.15) is 0 Å². The molecule has 0 aromatic carbocycles. The summed E-state index contributed by atoms with van der Waals surface area (Å²) in [6, 6.07) is 0. The number of hydrogen-bond acceptors (Lipinski definition) is 0. The maximum atomic E-state index is 9.93. The third-order valence-corrected chi connectivity index (χ3v) is 1.75. The minimum absolute atomic E-state index is 0.144. The van der Waals surface area contributed by atoms with Crippen molar-refractivity contribution in [1.82, 2.24) is 0 Å². The van der Waals surface area contributed by atoms with E-state index in [1.165, 1.54) is 19.3 Å². The molecule has 7 heavy (non-hydrogen) atoms. The second-order valence-electron chi connectivity index (χ2n) is 2.29. The lowest BCUT2D eigenvalue weighted by molar-refractivity contribution is 0.146. The van der Waals surface area contributed by atoms with Crippen LogP contribution in [-0.4, -0.2) is 6.61 Å². The molecule has 0 heterocycles. The van der Waals surface area contributed by atoms with E-state index in [2.05, 4.69) is 0 Å². The van der Waals surface area contributed by atoms with Crippen molar-refractivity contribution in [2.75, 3.05) is 6.61 Å². The van der Waals surface area contributed by atoms with E-state index < -0.39 is 0 Å². The molecular formula is C6H11O. The van der Waals surface area contributed by atoms with Gasteiger partial charge in [-0.2, -0.15) is 0 Å². The molecule has 41 valence electrons. The van der Waals surface area contributed by atoms with Crippen LogP contribution in [-0.2, 0) is 5.11 Å². The first kappa shape index (κ1) is 5.10. The lowest BCUT2D eigenvalue weighted by atomic mass is 9.83. The largest absolute Gasteiger partial charge is 0.237 e. The molecule has 1 nitrogen and oxygen atoms in total. The summed E-state index contributed by atoms with van der Waals surface area (Å²) >= 11 is 0. The minimum Gasteiger partial charge on any atom is -0.237 e. The summed E-state index contributed by atoms with van der Waals surface area (Å²) in [7, 11) is 0. The third-order valence-electron chi connectivity index (χ3n) is 1.75. The standard InChI is InChI=1S/C6H11O/c7-5-4-6-2-1-3-6/h6H,1-5H2. The second-order valence-corrected chi connectivity index (χ2v) is 2.29. The van der Waals surface area contributed by atoms with Crippen LogP contribution in [0, 0.1) is 5.92 Å². The molecule has 0 spiro atoms. The van der Waals surface area contributed by atoms with Crippen LogP contribution in [0.2, 0.25) is 0 Å². The van der Waals surface area contributed by atoms with Crippen LogP contribution in [0.25, 0.3) is 0 Å². The van der Waals surface area contributed by atoms with Gasteiger partial charge in [0.05, 0.1) is 6.61 Å². The van der Waals surface area contributed by atoms with Crippen molar-refractivity contribution in [3.05, 3.63) is 0 Å². The summed E-state index contributed by atoms with van der Waals surface area (Å²) in [5, 5.41) is 9.93. The summed E-state index contributed by atoms with van der Waals surface area (Å²) in [5.74, 6) is 0.817.